The maximum atomic E-state index is 10.9. The van der Waals surface area contributed by atoms with Gasteiger partial charge in [-0.25, -0.2) is 4.79 Å². The smallest absolute Gasteiger partial charge is 0.336 e. The van der Waals surface area contributed by atoms with Crippen LogP contribution in [-0.4, -0.2) is 11.1 Å². The fraction of sp³-hybridized carbons (Fsp3) is 0. The van der Waals surface area contributed by atoms with Gasteiger partial charge in [0.05, 0.1) is 5.56 Å². The van der Waals surface area contributed by atoms with Gasteiger partial charge in [0.25, 0.3) is 0 Å². The third-order valence-electron chi connectivity index (χ3n) is 2.13. The Hall–Kier alpha value is -1.48. The molecule has 3 heteroatoms. The summed E-state index contributed by atoms with van der Waals surface area (Å²) in [6.45, 7) is 0. The second-order valence-corrected chi connectivity index (χ2v) is 3.46. The van der Waals surface area contributed by atoms with Crippen LogP contribution in [0.1, 0.15) is 10.4 Å². The highest BCUT2D eigenvalue weighted by Crippen LogP contribution is 2.24. The Morgan fingerprint density at radius 1 is 1.07 bits per heavy atom. The largest absolute Gasteiger partial charge is 0.478 e. The molecular formula is C11H8O2S. The van der Waals surface area contributed by atoms with Gasteiger partial charge in [-0.15, -0.1) is 12.6 Å². The minimum Gasteiger partial charge on any atom is -0.478 e. The topological polar surface area (TPSA) is 37.3 Å². The van der Waals surface area contributed by atoms with Crippen molar-refractivity contribution in [1.82, 2.24) is 0 Å². The number of hydrogen-bond donors (Lipinski definition) is 2. The van der Waals surface area contributed by atoms with Crippen molar-refractivity contribution in [2.45, 2.75) is 4.90 Å². The van der Waals surface area contributed by atoms with Gasteiger partial charge < -0.3 is 5.11 Å². The zero-order valence-corrected chi connectivity index (χ0v) is 8.16. The lowest BCUT2D eigenvalue weighted by atomic mass is 10.0. The molecule has 0 radical (unpaired) electrons. The van der Waals surface area contributed by atoms with Crippen LogP contribution in [-0.2, 0) is 0 Å². The standard InChI is InChI=1S/C11H8O2S/c12-11(13)9-5-1-4-8-7(9)3-2-6-10(8)14/h1-6,14H,(H,12,13). The van der Waals surface area contributed by atoms with Crippen LogP contribution < -0.4 is 0 Å². The number of carbonyl (C=O) groups is 1. The first-order chi connectivity index (χ1) is 6.70. The molecule has 0 atom stereocenters. The molecule has 0 fully saturated rings. The highest BCUT2D eigenvalue weighted by Gasteiger charge is 2.07. The number of carboxylic acid groups (broad SMARTS) is 1. The van der Waals surface area contributed by atoms with E-state index in [0.29, 0.717) is 5.56 Å². The Bertz CT molecular complexity index is 506. The number of thiol groups is 1. The van der Waals surface area contributed by atoms with Gasteiger partial charge in [-0.05, 0) is 22.9 Å². The molecule has 2 aromatic carbocycles. The van der Waals surface area contributed by atoms with Crippen LogP contribution in [0.3, 0.4) is 0 Å². The van der Waals surface area contributed by atoms with Crippen molar-refractivity contribution in [1.29, 1.82) is 0 Å². The van der Waals surface area contributed by atoms with Gasteiger partial charge in [0, 0.05) is 4.90 Å². The highest BCUT2D eigenvalue weighted by molar-refractivity contribution is 7.80. The van der Waals surface area contributed by atoms with Gasteiger partial charge in [0.1, 0.15) is 0 Å². The van der Waals surface area contributed by atoms with Crippen LogP contribution in [0.4, 0.5) is 0 Å². The molecule has 1 N–H and O–H groups in total. The summed E-state index contributed by atoms with van der Waals surface area (Å²) in [5.74, 6) is -0.908. The maximum absolute atomic E-state index is 10.9. The molecule has 0 aliphatic rings. The molecule has 0 heterocycles. The van der Waals surface area contributed by atoms with Crippen molar-refractivity contribution in [3.05, 3.63) is 42.0 Å². The monoisotopic (exact) mass is 204 g/mol. The molecule has 14 heavy (non-hydrogen) atoms. The van der Waals surface area contributed by atoms with E-state index in [1.54, 1.807) is 24.3 Å². The van der Waals surface area contributed by atoms with E-state index in [9.17, 15) is 4.79 Å². The molecule has 2 rings (SSSR count). The van der Waals surface area contributed by atoms with Gasteiger partial charge in [0.15, 0.2) is 0 Å². The van der Waals surface area contributed by atoms with E-state index >= 15 is 0 Å². The van der Waals surface area contributed by atoms with E-state index in [-0.39, 0.29) is 0 Å². The summed E-state index contributed by atoms with van der Waals surface area (Å²) in [5, 5.41) is 10.5. The van der Waals surface area contributed by atoms with Gasteiger partial charge >= 0.3 is 5.97 Å². The summed E-state index contributed by atoms with van der Waals surface area (Å²) >= 11 is 4.27. The summed E-state index contributed by atoms with van der Waals surface area (Å²) in [7, 11) is 0. The second kappa shape index (κ2) is 3.35. The first-order valence-corrected chi connectivity index (χ1v) is 4.59. The minimum absolute atomic E-state index is 0.318. The fourth-order valence-electron chi connectivity index (χ4n) is 1.48. The number of benzene rings is 2. The third-order valence-corrected chi connectivity index (χ3v) is 2.52. The van der Waals surface area contributed by atoms with E-state index in [1.807, 2.05) is 12.1 Å². The van der Waals surface area contributed by atoms with E-state index < -0.39 is 5.97 Å². The number of carboxylic acids is 1. The third kappa shape index (κ3) is 1.36. The molecular weight excluding hydrogens is 196 g/mol. The van der Waals surface area contributed by atoms with Crippen LogP contribution in [0.5, 0.6) is 0 Å². The average Bonchev–Trinajstić information content (AvgIpc) is 2.17. The summed E-state index contributed by atoms with van der Waals surface area (Å²) in [6.07, 6.45) is 0. The van der Waals surface area contributed by atoms with Gasteiger partial charge in [-0.2, -0.15) is 0 Å². The second-order valence-electron chi connectivity index (χ2n) is 2.98. The van der Waals surface area contributed by atoms with Crippen molar-refractivity contribution < 1.29 is 9.90 Å². The Kier molecular flexibility index (Phi) is 2.17. The molecule has 0 bridgehead atoms. The normalized spacial score (nSPS) is 10.4. The van der Waals surface area contributed by atoms with Gasteiger partial charge in [0.2, 0.25) is 0 Å². The van der Waals surface area contributed by atoms with Crippen LogP contribution >= 0.6 is 12.6 Å². The number of aromatic carboxylic acids is 1. The van der Waals surface area contributed by atoms with Crippen LogP contribution in [0.2, 0.25) is 0 Å². The summed E-state index contributed by atoms with van der Waals surface area (Å²) in [4.78, 5) is 11.7. The minimum atomic E-state index is -0.908. The average molecular weight is 204 g/mol. The molecule has 0 aliphatic heterocycles. The summed E-state index contributed by atoms with van der Waals surface area (Å²) in [6, 6.07) is 10.6. The molecule has 0 aromatic heterocycles. The lowest BCUT2D eigenvalue weighted by molar-refractivity contribution is 0.0699. The number of fused-ring (bicyclic) bond motifs is 1. The van der Waals surface area contributed by atoms with Crippen LogP contribution in [0.15, 0.2) is 41.3 Å². The Morgan fingerprint density at radius 2 is 1.71 bits per heavy atom. The first-order valence-electron chi connectivity index (χ1n) is 4.14. The zero-order valence-electron chi connectivity index (χ0n) is 7.27. The fourth-order valence-corrected chi connectivity index (χ4v) is 1.76. The molecule has 0 saturated heterocycles. The predicted octanol–water partition coefficient (Wildman–Crippen LogP) is 2.83. The lowest BCUT2D eigenvalue weighted by Gasteiger charge is -2.03. The molecule has 0 unspecified atom stereocenters. The highest BCUT2D eigenvalue weighted by atomic mass is 32.1. The zero-order chi connectivity index (χ0) is 10.1. The molecule has 0 aliphatic carbocycles. The Balaban J connectivity index is 2.88. The predicted molar refractivity (Wildman–Crippen MR) is 58.2 cm³/mol. The molecule has 0 saturated carbocycles. The molecule has 0 spiro atoms. The van der Waals surface area contributed by atoms with Gasteiger partial charge in [-0.1, -0.05) is 24.3 Å². The molecule has 2 aromatic rings. The Labute approximate surface area is 86.6 Å². The van der Waals surface area contributed by atoms with Crippen LogP contribution in [0, 0.1) is 0 Å². The van der Waals surface area contributed by atoms with E-state index in [2.05, 4.69) is 12.6 Å². The van der Waals surface area contributed by atoms with Crippen molar-refractivity contribution >= 4 is 29.4 Å². The van der Waals surface area contributed by atoms with Crippen molar-refractivity contribution in [3.63, 3.8) is 0 Å². The maximum Gasteiger partial charge on any atom is 0.336 e. The summed E-state index contributed by atoms with van der Waals surface area (Å²) < 4.78 is 0. The summed E-state index contributed by atoms with van der Waals surface area (Å²) in [5.41, 5.74) is 0.318. The first kappa shape index (κ1) is 9.09. The van der Waals surface area contributed by atoms with Crippen molar-refractivity contribution in [2.24, 2.45) is 0 Å². The van der Waals surface area contributed by atoms with Crippen molar-refractivity contribution in [2.75, 3.05) is 0 Å². The lowest BCUT2D eigenvalue weighted by Crippen LogP contribution is -1.96. The molecule has 70 valence electrons. The van der Waals surface area contributed by atoms with E-state index in [0.717, 1.165) is 15.7 Å². The van der Waals surface area contributed by atoms with E-state index in [1.165, 1.54) is 0 Å². The number of rotatable bonds is 1. The quantitative estimate of drug-likeness (QED) is 0.701. The van der Waals surface area contributed by atoms with E-state index in [4.69, 9.17) is 5.11 Å². The molecule has 0 amide bonds. The van der Waals surface area contributed by atoms with Crippen LogP contribution in [0.25, 0.3) is 10.8 Å². The Morgan fingerprint density at radius 3 is 2.43 bits per heavy atom. The number of hydrogen-bond acceptors (Lipinski definition) is 2. The molecule has 2 nitrogen and oxygen atoms in total. The van der Waals surface area contributed by atoms with Crippen molar-refractivity contribution in [3.8, 4) is 0 Å². The van der Waals surface area contributed by atoms with Gasteiger partial charge in [-0.3, -0.25) is 0 Å². The SMILES string of the molecule is O=C(O)c1cccc2c(S)cccc12.